The largest absolute Gasteiger partial charge is 0.497 e. The van der Waals surface area contributed by atoms with Gasteiger partial charge in [-0.3, -0.25) is 14.2 Å². The molecule has 0 aliphatic carbocycles. The Morgan fingerprint density at radius 3 is 2.29 bits per heavy atom. The summed E-state index contributed by atoms with van der Waals surface area (Å²) in [5, 5.41) is 0. The number of amides is 1. The summed E-state index contributed by atoms with van der Waals surface area (Å²) in [5.41, 5.74) is 0.874. The van der Waals surface area contributed by atoms with Gasteiger partial charge in [-0.25, -0.2) is 0 Å². The van der Waals surface area contributed by atoms with E-state index in [9.17, 15) is 9.59 Å². The van der Waals surface area contributed by atoms with Crippen LogP contribution in [0.1, 0.15) is 10.4 Å². The number of hydrogen-bond acceptors (Lipinski definition) is 3. The van der Waals surface area contributed by atoms with E-state index in [1.165, 1.54) is 16.7 Å². The predicted octanol–water partition coefficient (Wildman–Crippen LogP) is 2.66. The van der Waals surface area contributed by atoms with Gasteiger partial charge in [0.05, 0.1) is 12.7 Å². The lowest BCUT2D eigenvalue weighted by molar-refractivity contribution is 0.0790. The Hall–Kier alpha value is -3.08. The second-order valence-corrected chi connectivity index (χ2v) is 5.11. The standard InChI is InChI=1S/C19H20N2O3/c1-4-12-20(13-5-2)19(23)15-6-11-18(22)21(14-15)16-7-9-17(24-3)10-8-16/h4-11,14H,1-2,12-13H2,3H3. The summed E-state index contributed by atoms with van der Waals surface area (Å²) in [4.78, 5) is 26.4. The molecular formula is C19H20N2O3. The van der Waals surface area contributed by atoms with E-state index in [-0.39, 0.29) is 11.5 Å². The summed E-state index contributed by atoms with van der Waals surface area (Å²) in [7, 11) is 1.58. The Kier molecular flexibility index (Phi) is 5.73. The monoisotopic (exact) mass is 324 g/mol. The van der Waals surface area contributed by atoms with Gasteiger partial charge in [0, 0.05) is 31.0 Å². The molecule has 0 radical (unpaired) electrons. The van der Waals surface area contributed by atoms with Gasteiger partial charge in [0.15, 0.2) is 0 Å². The molecule has 0 spiro atoms. The number of nitrogens with zero attached hydrogens (tertiary/aromatic N) is 2. The van der Waals surface area contributed by atoms with Crippen molar-refractivity contribution in [3.05, 3.63) is 83.8 Å². The van der Waals surface area contributed by atoms with Crippen molar-refractivity contribution < 1.29 is 9.53 Å². The van der Waals surface area contributed by atoms with Crippen LogP contribution in [0.5, 0.6) is 5.75 Å². The fourth-order valence-electron chi connectivity index (χ4n) is 2.29. The molecule has 0 fully saturated rings. The normalized spacial score (nSPS) is 10.0. The van der Waals surface area contributed by atoms with Crippen molar-refractivity contribution in [3.8, 4) is 11.4 Å². The van der Waals surface area contributed by atoms with Crippen molar-refractivity contribution >= 4 is 5.91 Å². The Balaban J connectivity index is 2.39. The van der Waals surface area contributed by atoms with Crippen molar-refractivity contribution in [2.24, 2.45) is 0 Å². The lowest BCUT2D eigenvalue weighted by atomic mass is 10.2. The van der Waals surface area contributed by atoms with Crippen LogP contribution < -0.4 is 10.3 Å². The molecular weight excluding hydrogens is 304 g/mol. The molecule has 0 N–H and O–H groups in total. The fraction of sp³-hybridized carbons (Fsp3) is 0.158. The molecule has 0 aliphatic rings. The van der Waals surface area contributed by atoms with Crippen LogP contribution in [-0.4, -0.2) is 35.6 Å². The summed E-state index contributed by atoms with van der Waals surface area (Å²) >= 11 is 0. The summed E-state index contributed by atoms with van der Waals surface area (Å²) < 4.78 is 6.55. The van der Waals surface area contributed by atoms with Crippen LogP contribution in [-0.2, 0) is 0 Å². The van der Waals surface area contributed by atoms with Crippen molar-refractivity contribution in [1.82, 2.24) is 9.47 Å². The number of rotatable bonds is 7. The number of carbonyl (C=O) groups is 1. The van der Waals surface area contributed by atoms with Crippen LogP contribution in [0.25, 0.3) is 5.69 Å². The van der Waals surface area contributed by atoms with E-state index in [0.29, 0.717) is 30.1 Å². The predicted molar refractivity (Wildman–Crippen MR) is 94.9 cm³/mol. The molecule has 2 aromatic rings. The minimum Gasteiger partial charge on any atom is -0.497 e. The lowest BCUT2D eigenvalue weighted by Gasteiger charge is -2.19. The minimum absolute atomic E-state index is 0.183. The van der Waals surface area contributed by atoms with E-state index in [4.69, 9.17) is 4.74 Å². The smallest absolute Gasteiger partial charge is 0.255 e. The SMILES string of the molecule is C=CCN(CC=C)C(=O)c1ccc(=O)n(-c2ccc(OC)cc2)c1. The van der Waals surface area contributed by atoms with Crippen LogP contribution >= 0.6 is 0 Å². The van der Waals surface area contributed by atoms with Crippen LogP contribution in [0.3, 0.4) is 0 Å². The number of pyridine rings is 1. The fourth-order valence-corrected chi connectivity index (χ4v) is 2.29. The number of carbonyl (C=O) groups excluding carboxylic acids is 1. The second kappa shape index (κ2) is 7.97. The average Bonchev–Trinajstić information content (AvgIpc) is 2.61. The van der Waals surface area contributed by atoms with Crippen LogP contribution in [0, 0.1) is 0 Å². The Labute approximate surface area is 141 Å². The maximum absolute atomic E-state index is 12.6. The zero-order valence-corrected chi connectivity index (χ0v) is 13.6. The number of hydrogen-bond donors (Lipinski definition) is 0. The average molecular weight is 324 g/mol. The first-order chi connectivity index (χ1) is 11.6. The summed E-state index contributed by atoms with van der Waals surface area (Å²) in [6.45, 7) is 8.14. The van der Waals surface area contributed by atoms with Gasteiger partial charge in [-0.1, -0.05) is 12.2 Å². The van der Waals surface area contributed by atoms with Gasteiger partial charge in [-0.15, -0.1) is 13.2 Å². The van der Waals surface area contributed by atoms with E-state index in [1.54, 1.807) is 54.6 Å². The van der Waals surface area contributed by atoms with Gasteiger partial charge in [-0.2, -0.15) is 0 Å². The number of methoxy groups -OCH3 is 1. The summed E-state index contributed by atoms with van der Waals surface area (Å²) in [5.74, 6) is 0.513. The molecule has 124 valence electrons. The van der Waals surface area contributed by atoms with Gasteiger partial charge < -0.3 is 9.64 Å². The maximum atomic E-state index is 12.6. The van der Waals surface area contributed by atoms with Crippen molar-refractivity contribution in [2.75, 3.05) is 20.2 Å². The molecule has 2 rings (SSSR count). The van der Waals surface area contributed by atoms with Gasteiger partial charge in [0.2, 0.25) is 0 Å². The van der Waals surface area contributed by atoms with Gasteiger partial charge >= 0.3 is 0 Å². The molecule has 0 saturated heterocycles. The highest BCUT2D eigenvalue weighted by atomic mass is 16.5. The highest BCUT2D eigenvalue weighted by Crippen LogP contribution is 2.14. The first kappa shape index (κ1) is 17.3. The maximum Gasteiger partial charge on any atom is 0.255 e. The zero-order valence-electron chi connectivity index (χ0n) is 13.6. The van der Waals surface area contributed by atoms with E-state index in [0.717, 1.165) is 0 Å². The molecule has 0 saturated carbocycles. The molecule has 0 unspecified atom stereocenters. The molecule has 1 aromatic carbocycles. The van der Waals surface area contributed by atoms with E-state index in [1.807, 2.05) is 0 Å². The molecule has 1 aromatic heterocycles. The van der Waals surface area contributed by atoms with Crippen LogP contribution in [0.15, 0.2) is 72.7 Å². The first-order valence-electron chi connectivity index (χ1n) is 7.49. The minimum atomic E-state index is -0.212. The molecule has 24 heavy (non-hydrogen) atoms. The van der Waals surface area contributed by atoms with Gasteiger partial charge in [0.1, 0.15) is 5.75 Å². The molecule has 0 aliphatic heterocycles. The Bertz CT molecular complexity index is 781. The van der Waals surface area contributed by atoms with E-state index < -0.39 is 0 Å². The number of aromatic nitrogens is 1. The van der Waals surface area contributed by atoms with Gasteiger partial charge in [-0.05, 0) is 30.3 Å². The third kappa shape index (κ3) is 3.81. The highest BCUT2D eigenvalue weighted by molar-refractivity contribution is 5.94. The quantitative estimate of drug-likeness (QED) is 0.736. The number of ether oxygens (including phenoxy) is 1. The van der Waals surface area contributed by atoms with Crippen molar-refractivity contribution in [2.45, 2.75) is 0 Å². The molecule has 0 atom stereocenters. The summed E-state index contributed by atoms with van der Waals surface area (Å²) in [6.07, 6.45) is 4.85. The molecule has 1 amide bonds. The van der Waals surface area contributed by atoms with E-state index >= 15 is 0 Å². The first-order valence-corrected chi connectivity index (χ1v) is 7.49. The topological polar surface area (TPSA) is 51.5 Å². The third-order valence-electron chi connectivity index (χ3n) is 3.49. The third-order valence-corrected chi connectivity index (χ3v) is 3.49. The molecule has 0 bridgehead atoms. The Morgan fingerprint density at radius 2 is 1.75 bits per heavy atom. The summed E-state index contributed by atoms with van der Waals surface area (Å²) in [6, 6.07) is 9.97. The van der Waals surface area contributed by atoms with Crippen molar-refractivity contribution in [1.29, 1.82) is 0 Å². The van der Waals surface area contributed by atoms with Crippen LogP contribution in [0.4, 0.5) is 0 Å². The number of benzene rings is 1. The Morgan fingerprint density at radius 1 is 1.12 bits per heavy atom. The lowest BCUT2D eigenvalue weighted by Crippen LogP contribution is -2.32. The molecule has 5 nitrogen and oxygen atoms in total. The van der Waals surface area contributed by atoms with Crippen molar-refractivity contribution in [3.63, 3.8) is 0 Å². The molecule has 5 heteroatoms. The van der Waals surface area contributed by atoms with Gasteiger partial charge in [0.25, 0.3) is 11.5 Å². The van der Waals surface area contributed by atoms with Crippen LogP contribution in [0.2, 0.25) is 0 Å². The highest BCUT2D eigenvalue weighted by Gasteiger charge is 2.15. The second-order valence-electron chi connectivity index (χ2n) is 5.11. The van der Waals surface area contributed by atoms with E-state index in [2.05, 4.69) is 13.2 Å². The zero-order chi connectivity index (χ0) is 17.5. The molecule has 1 heterocycles.